The molecule has 0 aliphatic heterocycles. The van der Waals surface area contributed by atoms with Gasteiger partial charge in [-0.15, -0.1) is 0 Å². The van der Waals surface area contributed by atoms with Crippen LogP contribution in [-0.4, -0.2) is 11.5 Å². The second-order valence-electron chi connectivity index (χ2n) is 3.38. The van der Waals surface area contributed by atoms with Gasteiger partial charge in [-0.1, -0.05) is 0 Å². The van der Waals surface area contributed by atoms with Crippen molar-refractivity contribution in [3.63, 3.8) is 0 Å². The van der Waals surface area contributed by atoms with Gasteiger partial charge in [0.05, 0.1) is 16.7 Å². The van der Waals surface area contributed by atoms with Crippen molar-refractivity contribution < 1.29 is 35.9 Å². The fourth-order valence-corrected chi connectivity index (χ4v) is 1.57. The van der Waals surface area contributed by atoms with Crippen molar-refractivity contribution in [3.8, 4) is 0 Å². The number of alkyl halides is 6. The Balaban J connectivity index is 3.75. The molecule has 9 heteroatoms. The molecular weight excluding hydrogens is 302 g/mol. The van der Waals surface area contributed by atoms with E-state index in [4.69, 9.17) is 11.6 Å². The first kappa shape index (κ1) is 15.5. The summed E-state index contributed by atoms with van der Waals surface area (Å²) in [5.41, 5.74) is -5.95. The second-order valence-corrected chi connectivity index (χ2v) is 3.72. The van der Waals surface area contributed by atoms with E-state index in [2.05, 4.69) is 0 Å². The van der Waals surface area contributed by atoms with Crippen LogP contribution in [0.1, 0.15) is 31.8 Å². The number of aldehydes is 1. The molecule has 19 heavy (non-hydrogen) atoms. The molecule has 0 heterocycles. The summed E-state index contributed by atoms with van der Waals surface area (Å²) in [6.45, 7) is 0. The summed E-state index contributed by atoms with van der Waals surface area (Å²) in [5, 5.41) is -1.66. The molecule has 0 atom stereocenters. The van der Waals surface area contributed by atoms with Crippen LogP contribution in [-0.2, 0) is 12.4 Å². The number of benzene rings is 1. The van der Waals surface area contributed by atoms with Crippen molar-refractivity contribution >= 4 is 23.1 Å². The molecule has 0 aliphatic carbocycles. The van der Waals surface area contributed by atoms with Crippen LogP contribution in [0.5, 0.6) is 0 Å². The van der Waals surface area contributed by atoms with E-state index in [1.165, 1.54) is 0 Å². The van der Waals surface area contributed by atoms with Crippen molar-refractivity contribution in [2.24, 2.45) is 0 Å². The van der Waals surface area contributed by atoms with Gasteiger partial charge in [-0.05, 0) is 23.7 Å². The van der Waals surface area contributed by atoms with Crippen LogP contribution in [0, 0.1) is 0 Å². The van der Waals surface area contributed by atoms with Gasteiger partial charge < -0.3 is 0 Å². The van der Waals surface area contributed by atoms with Gasteiger partial charge in [-0.25, -0.2) is 0 Å². The zero-order valence-electron chi connectivity index (χ0n) is 8.69. The summed E-state index contributed by atoms with van der Waals surface area (Å²) in [5.74, 6) is 0. The topological polar surface area (TPSA) is 34.1 Å². The number of hydrogen-bond acceptors (Lipinski definition) is 2. The average Bonchev–Trinajstić information content (AvgIpc) is 2.24. The van der Waals surface area contributed by atoms with Crippen molar-refractivity contribution in [3.05, 3.63) is 34.4 Å². The zero-order valence-corrected chi connectivity index (χ0v) is 9.45. The van der Waals surface area contributed by atoms with E-state index < -0.39 is 39.8 Å². The van der Waals surface area contributed by atoms with Crippen LogP contribution in [0.25, 0.3) is 0 Å². The predicted molar refractivity (Wildman–Crippen MR) is 52.0 cm³/mol. The number of rotatable bonds is 2. The standard InChI is InChI=1S/C10H3ClF6O2/c11-8(19)7-4(3-18)1-5(9(12,13)14)2-6(7)10(15,16)17/h1-3H. The Morgan fingerprint density at radius 1 is 1.05 bits per heavy atom. The van der Waals surface area contributed by atoms with Crippen molar-refractivity contribution in [2.45, 2.75) is 12.4 Å². The lowest BCUT2D eigenvalue weighted by molar-refractivity contribution is -0.143. The molecule has 0 radical (unpaired) electrons. The van der Waals surface area contributed by atoms with Gasteiger partial charge in [0, 0.05) is 5.56 Å². The van der Waals surface area contributed by atoms with Crippen molar-refractivity contribution in [2.75, 3.05) is 0 Å². The molecule has 0 spiro atoms. The number of hydrogen-bond donors (Lipinski definition) is 0. The molecule has 0 saturated heterocycles. The van der Waals surface area contributed by atoms with E-state index in [-0.39, 0.29) is 18.4 Å². The third-order valence-electron chi connectivity index (χ3n) is 2.13. The molecule has 1 aromatic rings. The molecule has 1 aromatic carbocycles. The predicted octanol–water partition coefficient (Wildman–Crippen LogP) is 3.92. The molecule has 1 rings (SSSR count). The van der Waals surface area contributed by atoms with E-state index in [0.717, 1.165) is 0 Å². The Morgan fingerprint density at radius 3 is 1.89 bits per heavy atom. The largest absolute Gasteiger partial charge is 0.417 e. The first-order valence-electron chi connectivity index (χ1n) is 4.46. The van der Waals surface area contributed by atoms with Gasteiger partial charge in [0.25, 0.3) is 5.24 Å². The maximum absolute atomic E-state index is 12.6. The summed E-state index contributed by atoms with van der Waals surface area (Å²) in [6, 6.07) is -0.125. The highest BCUT2D eigenvalue weighted by Crippen LogP contribution is 2.39. The second kappa shape index (κ2) is 4.84. The minimum atomic E-state index is -5.25. The fourth-order valence-electron chi connectivity index (χ4n) is 1.36. The number of carbonyl (C=O) groups is 2. The number of halogens is 7. The van der Waals surface area contributed by atoms with Gasteiger partial charge in [0.1, 0.15) is 0 Å². The first-order chi connectivity index (χ1) is 8.48. The molecule has 104 valence electrons. The van der Waals surface area contributed by atoms with Crippen LogP contribution < -0.4 is 0 Å². The quantitative estimate of drug-likeness (QED) is 0.471. The SMILES string of the molecule is O=Cc1cc(C(F)(F)F)cc(C(F)(F)F)c1C(=O)Cl. The lowest BCUT2D eigenvalue weighted by Crippen LogP contribution is -2.17. The van der Waals surface area contributed by atoms with Gasteiger partial charge in [-0.3, -0.25) is 9.59 Å². The molecule has 0 fully saturated rings. The van der Waals surface area contributed by atoms with Crippen molar-refractivity contribution in [1.29, 1.82) is 0 Å². The smallest absolute Gasteiger partial charge is 0.298 e. The molecule has 0 aromatic heterocycles. The van der Waals surface area contributed by atoms with E-state index >= 15 is 0 Å². The van der Waals surface area contributed by atoms with Crippen LogP contribution in [0.4, 0.5) is 26.3 Å². The molecule has 0 bridgehead atoms. The highest BCUT2D eigenvalue weighted by Gasteiger charge is 2.40. The summed E-state index contributed by atoms with van der Waals surface area (Å²) in [4.78, 5) is 21.4. The summed E-state index contributed by atoms with van der Waals surface area (Å²) in [7, 11) is 0. The summed E-state index contributed by atoms with van der Waals surface area (Å²) in [6.07, 6.45) is -10.6. The molecule has 2 nitrogen and oxygen atoms in total. The molecule has 0 N–H and O–H groups in total. The van der Waals surface area contributed by atoms with Crippen LogP contribution in [0.2, 0.25) is 0 Å². The molecule has 0 unspecified atom stereocenters. The monoisotopic (exact) mass is 304 g/mol. The maximum atomic E-state index is 12.6. The Hall–Kier alpha value is -1.57. The van der Waals surface area contributed by atoms with E-state index in [9.17, 15) is 35.9 Å². The highest BCUT2D eigenvalue weighted by atomic mass is 35.5. The van der Waals surface area contributed by atoms with E-state index in [1.807, 2.05) is 0 Å². The third kappa shape index (κ3) is 3.25. The minimum Gasteiger partial charge on any atom is -0.298 e. The fraction of sp³-hybridized carbons (Fsp3) is 0.200. The Bertz CT molecular complexity index is 532. The maximum Gasteiger partial charge on any atom is 0.417 e. The van der Waals surface area contributed by atoms with Crippen molar-refractivity contribution in [1.82, 2.24) is 0 Å². The first-order valence-corrected chi connectivity index (χ1v) is 4.83. The number of carbonyl (C=O) groups excluding carboxylic acids is 2. The summed E-state index contributed by atoms with van der Waals surface area (Å²) >= 11 is 4.89. The van der Waals surface area contributed by atoms with E-state index in [0.29, 0.717) is 0 Å². The van der Waals surface area contributed by atoms with Crippen LogP contribution >= 0.6 is 11.6 Å². The average molecular weight is 305 g/mol. The van der Waals surface area contributed by atoms with Crippen LogP contribution in [0.15, 0.2) is 12.1 Å². The molecule has 0 aliphatic rings. The van der Waals surface area contributed by atoms with Crippen LogP contribution in [0.3, 0.4) is 0 Å². The highest BCUT2D eigenvalue weighted by molar-refractivity contribution is 6.68. The van der Waals surface area contributed by atoms with Gasteiger partial charge in [-0.2, -0.15) is 26.3 Å². The Morgan fingerprint density at radius 2 is 1.58 bits per heavy atom. The van der Waals surface area contributed by atoms with Gasteiger partial charge in [0.2, 0.25) is 0 Å². The third-order valence-corrected chi connectivity index (χ3v) is 2.31. The lowest BCUT2D eigenvalue weighted by Gasteiger charge is -2.15. The van der Waals surface area contributed by atoms with Gasteiger partial charge in [0.15, 0.2) is 6.29 Å². The van der Waals surface area contributed by atoms with E-state index in [1.54, 1.807) is 0 Å². The molecule has 0 saturated carbocycles. The summed E-state index contributed by atoms with van der Waals surface area (Å²) < 4.78 is 75.0. The zero-order chi connectivity index (χ0) is 15.0. The minimum absolute atomic E-state index is 0.137. The normalized spacial score (nSPS) is 12.4. The lowest BCUT2D eigenvalue weighted by atomic mass is 9.98. The molecule has 0 amide bonds. The Labute approximate surface area is 107 Å². The van der Waals surface area contributed by atoms with Gasteiger partial charge >= 0.3 is 12.4 Å². The Kier molecular flexibility index (Phi) is 3.94. The molecular formula is C10H3ClF6O2.